The lowest BCUT2D eigenvalue weighted by atomic mass is 10.00. The third kappa shape index (κ3) is 4.66. The predicted octanol–water partition coefficient (Wildman–Crippen LogP) is 2.79. The number of carbonyl (C=O) groups excluding carboxylic acids is 1. The molecule has 1 aromatic heterocycles. The molecule has 2 aromatic rings. The maximum atomic E-state index is 13.2. The number of Topliss-reactive ketones (excluding diaryl/α,β-unsaturated/α-hetero) is 1. The van der Waals surface area contributed by atoms with E-state index in [0.29, 0.717) is 28.4 Å². The van der Waals surface area contributed by atoms with E-state index in [0.717, 1.165) is 0 Å². The maximum Gasteiger partial charge on any atom is 0.317 e. The highest BCUT2D eigenvalue weighted by atomic mass is 35.5. The van der Waals surface area contributed by atoms with Gasteiger partial charge < -0.3 is 15.2 Å². The highest BCUT2D eigenvalue weighted by molar-refractivity contribution is 6.30. The Balaban J connectivity index is 1.77. The van der Waals surface area contributed by atoms with Crippen LogP contribution in [0.3, 0.4) is 0 Å². The second-order valence-corrected chi connectivity index (χ2v) is 6.20. The molecule has 0 radical (unpaired) electrons. The number of hydrogen-bond donors (Lipinski definition) is 2. The summed E-state index contributed by atoms with van der Waals surface area (Å²) in [6, 6.07) is 5.55. The Morgan fingerprint density at radius 1 is 1.37 bits per heavy atom. The third-order valence-electron chi connectivity index (χ3n) is 3.80. The van der Waals surface area contributed by atoms with Crippen LogP contribution in [0.25, 0.3) is 0 Å². The molecule has 0 saturated heterocycles. The smallest absolute Gasteiger partial charge is 0.317 e. The summed E-state index contributed by atoms with van der Waals surface area (Å²) in [5, 5.41) is 11.4. The number of aliphatic carboxylic acids is 1. The summed E-state index contributed by atoms with van der Waals surface area (Å²) < 4.78 is 18.8. The molecule has 0 atom stereocenters. The molecule has 0 saturated carbocycles. The summed E-state index contributed by atoms with van der Waals surface area (Å²) in [5.41, 5.74) is 1.80. The van der Waals surface area contributed by atoms with Crippen LogP contribution >= 0.6 is 11.6 Å². The number of nitrogens with zero attached hydrogens (tertiary/aromatic N) is 2. The number of hydrogen-bond acceptors (Lipinski definition) is 6. The van der Waals surface area contributed by atoms with Gasteiger partial charge in [-0.05, 0) is 18.2 Å². The fourth-order valence-corrected chi connectivity index (χ4v) is 2.73. The summed E-state index contributed by atoms with van der Waals surface area (Å²) >= 11 is 5.72. The zero-order valence-electron chi connectivity index (χ0n) is 14.0. The summed E-state index contributed by atoms with van der Waals surface area (Å²) in [6.45, 7) is -0.0394. The predicted molar refractivity (Wildman–Crippen MR) is 96.5 cm³/mol. The van der Waals surface area contributed by atoms with E-state index in [9.17, 15) is 14.0 Å². The van der Waals surface area contributed by atoms with E-state index in [2.05, 4.69) is 15.3 Å². The molecule has 0 amide bonds. The number of benzene rings is 1. The zero-order chi connectivity index (χ0) is 19.4. The van der Waals surface area contributed by atoms with E-state index in [4.69, 9.17) is 21.4 Å². The van der Waals surface area contributed by atoms with Crippen LogP contribution < -0.4 is 10.1 Å². The van der Waals surface area contributed by atoms with Crippen molar-refractivity contribution < 1.29 is 23.8 Å². The minimum atomic E-state index is -0.994. The number of carbonyl (C=O) groups is 2. The summed E-state index contributed by atoms with van der Waals surface area (Å²) in [4.78, 5) is 31.7. The van der Waals surface area contributed by atoms with Crippen LogP contribution in [0.2, 0.25) is 5.02 Å². The highest BCUT2D eigenvalue weighted by Gasteiger charge is 2.23. The Labute approximate surface area is 158 Å². The van der Waals surface area contributed by atoms with Gasteiger partial charge in [0.2, 0.25) is 0 Å². The van der Waals surface area contributed by atoms with Crippen LogP contribution in [0.4, 0.5) is 10.1 Å². The normalized spacial score (nSPS) is 13.1. The fraction of sp³-hybridized carbons (Fsp3) is 0.222. The van der Waals surface area contributed by atoms with Crippen molar-refractivity contribution >= 4 is 34.8 Å². The van der Waals surface area contributed by atoms with Gasteiger partial charge in [-0.25, -0.2) is 4.39 Å². The van der Waals surface area contributed by atoms with Crippen LogP contribution in [0, 0.1) is 5.82 Å². The van der Waals surface area contributed by atoms with Gasteiger partial charge >= 0.3 is 5.97 Å². The van der Waals surface area contributed by atoms with E-state index in [-0.39, 0.29) is 36.9 Å². The van der Waals surface area contributed by atoms with Crippen LogP contribution in [0.5, 0.6) is 5.75 Å². The van der Waals surface area contributed by atoms with Crippen LogP contribution in [-0.2, 0) is 11.3 Å². The molecule has 3 rings (SSSR count). The number of pyridine rings is 1. The van der Waals surface area contributed by atoms with Crippen LogP contribution in [0.1, 0.15) is 22.5 Å². The van der Waals surface area contributed by atoms with Gasteiger partial charge in [-0.15, -0.1) is 0 Å². The lowest BCUT2D eigenvalue weighted by Gasteiger charge is -2.17. The Morgan fingerprint density at radius 3 is 2.93 bits per heavy atom. The molecule has 27 heavy (non-hydrogen) atoms. The van der Waals surface area contributed by atoms with Crippen LogP contribution in [-0.4, -0.2) is 40.7 Å². The first-order chi connectivity index (χ1) is 12.9. The van der Waals surface area contributed by atoms with E-state index in [1.54, 1.807) is 6.07 Å². The molecule has 9 heteroatoms. The van der Waals surface area contributed by atoms with Gasteiger partial charge in [0.15, 0.2) is 5.78 Å². The van der Waals surface area contributed by atoms with Crippen molar-refractivity contribution in [3.63, 3.8) is 0 Å². The van der Waals surface area contributed by atoms with Gasteiger partial charge in [-0.2, -0.15) is 0 Å². The molecule has 0 spiro atoms. The summed E-state index contributed by atoms with van der Waals surface area (Å²) in [7, 11) is 0. The van der Waals surface area contributed by atoms with Gasteiger partial charge in [0.25, 0.3) is 0 Å². The topological polar surface area (TPSA) is 101 Å². The third-order valence-corrected chi connectivity index (χ3v) is 4.09. The van der Waals surface area contributed by atoms with Crippen molar-refractivity contribution in [2.75, 3.05) is 13.2 Å². The van der Waals surface area contributed by atoms with E-state index in [1.165, 1.54) is 24.4 Å². The highest BCUT2D eigenvalue weighted by Crippen LogP contribution is 2.29. The van der Waals surface area contributed by atoms with Crippen molar-refractivity contribution in [1.29, 1.82) is 0 Å². The number of carboxylic acid groups (broad SMARTS) is 1. The van der Waals surface area contributed by atoms with E-state index in [1.807, 2.05) is 0 Å². The van der Waals surface area contributed by atoms with Crippen molar-refractivity contribution in [2.24, 2.45) is 4.99 Å². The lowest BCUT2D eigenvalue weighted by Crippen LogP contribution is -2.24. The monoisotopic (exact) mass is 391 g/mol. The van der Waals surface area contributed by atoms with Gasteiger partial charge in [0.1, 0.15) is 18.2 Å². The number of ether oxygens (including phenoxy) is 1. The number of carboxylic acids is 1. The molecule has 1 aliphatic rings. The zero-order valence-corrected chi connectivity index (χ0v) is 14.8. The van der Waals surface area contributed by atoms with E-state index < -0.39 is 11.8 Å². The average Bonchev–Trinajstić information content (AvgIpc) is 2.63. The van der Waals surface area contributed by atoms with Crippen molar-refractivity contribution in [1.82, 2.24) is 10.3 Å². The maximum absolute atomic E-state index is 13.2. The molecule has 0 bridgehead atoms. The second-order valence-electron chi connectivity index (χ2n) is 5.79. The first kappa shape index (κ1) is 18.9. The van der Waals surface area contributed by atoms with Crippen molar-refractivity contribution in [3.05, 3.63) is 52.6 Å². The average molecular weight is 392 g/mol. The number of nitrogens with one attached hydrogen (secondary N) is 1. The Morgan fingerprint density at radius 2 is 2.19 bits per heavy atom. The Bertz CT molecular complexity index is 933. The number of ketones is 1. The molecule has 0 unspecified atom stereocenters. The minimum Gasteiger partial charge on any atom is -0.488 e. The largest absolute Gasteiger partial charge is 0.488 e. The molecule has 7 nitrogen and oxygen atoms in total. The first-order valence-electron chi connectivity index (χ1n) is 8.02. The number of aromatic nitrogens is 1. The van der Waals surface area contributed by atoms with Gasteiger partial charge in [-0.3, -0.25) is 19.6 Å². The number of halogens is 2. The van der Waals surface area contributed by atoms with Gasteiger partial charge in [0.05, 0.1) is 35.1 Å². The molecule has 140 valence electrons. The molecule has 1 aromatic carbocycles. The quantitative estimate of drug-likeness (QED) is 0.752. The van der Waals surface area contributed by atoms with Gasteiger partial charge in [0, 0.05) is 24.4 Å². The second kappa shape index (κ2) is 8.24. The summed E-state index contributed by atoms with van der Waals surface area (Å²) in [6.07, 6.45) is 1.58. The molecular formula is C18H15ClFN3O4. The number of fused-ring (bicyclic) bond motifs is 1. The number of aliphatic imine (C=N–C) groups is 1. The fourth-order valence-electron chi connectivity index (χ4n) is 2.56. The molecular weight excluding hydrogens is 377 g/mol. The lowest BCUT2D eigenvalue weighted by molar-refractivity contribution is -0.136. The first-order valence-corrected chi connectivity index (χ1v) is 8.39. The molecule has 1 aliphatic heterocycles. The van der Waals surface area contributed by atoms with Gasteiger partial charge in [-0.1, -0.05) is 11.6 Å². The van der Waals surface area contributed by atoms with Crippen molar-refractivity contribution in [2.45, 2.75) is 13.0 Å². The molecule has 0 fully saturated rings. The Hall–Kier alpha value is -2.84. The van der Waals surface area contributed by atoms with E-state index >= 15 is 0 Å². The minimum absolute atomic E-state index is 0.0318. The molecule has 0 aliphatic carbocycles. The van der Waals surface area contributed by atoms with Crippen LogP contribution in [0.15, 0.2) is 35.5 Å². The standard InChI is InChI=1S/C18H15ClFN3O4/c19-13-6-11(1-2-14(13)20)27-9-10-5-16(24)12-3-4-22-15(18(12)23-10)7-21-8-17(25)26/h1-4,6,21H,5,7-9H2,(H,25,26). The SMILES string of the molecule is O=C(O)CNCc1nccc2c1N=C(COc1ccc(F)c(Cl)c1)CC2=O. The summed E-state index contributed by atoms with van der Waals surface area (Å²) in [5.74, 6) is -1.31. The Kier molecular flexibility index (Phi) is 5.78. The number of rotatable bonds is 7. The molecule has 2 heterocycles. The van der Waals surface area contributed by atoms with Crippen molar-refractivity contribution in [3.8, 4) is 5.75 Å². The molecule has 2 N–H and O–H groups in total.